The Morgan fingerprint density at radius 1 is 1.50 bits per heavy atom. The van der Waals surface area contributed by atoms with E-state index in [0.29, 0.717) is 5.56 Å². The van der Waals surface area contributed by atoms with Crippen LogP contribution in [-0.4, -0.2) is 13.4 Å². The van der Waals surface area contributed by atoms with Crippen LogP contribution in [0, 0.1) is 0 Å². The van der Waals surface area contributed by atoms with E-state index in [1.807, 2.05) is 0 Å². The largest absolute Gasteiger partial charge is 0.333 e. The third kappa shape index (κ3) is 3.77. The summed E-state index contributed by atoms with van der Waals surface area (Å²) in [4.78, 5) is 3.70. The highest BCUT2D eigenvalue weighted by Gasteiger charge is 2.05. The summed E-state index contributed by atoms with van der Waals surface area (Å²) in [6.45, 7) is -0.220. The highest BCUT2D eigenvalue weighted by atomic mass is 35.5. The van der Waals surface area contributed by atoms with Gasteiger partial charge in [0.25, 0.3) is 0 Å². The van der Waals surface area contributed by atoms with Gasteiger partial charge in [0.05, 0.1) is 11.6 Å². The van der Waals surface area contributed by atoms with Crippen LogP contribution in [0.25, 0.3) is 0 Å². The van der Waals surface area contributed by atoms with E-state index in [0.717, 1.165) is 0 Å². The maximum Gasteiger partial charge on any atom is 0.333 e. The van der Waals surface area contributed by atoms with Crippen LogP contribution in [0.1, 0.15) is 5.56 Å². The molecule has 0 radical (unpaired) electrons. The lowest BCUT2D eigenvalue weighted by molar-refractivity contribution is 0.308. The smallest absolute Gasteiger partial charge is 0.253 e. The number of halogens is 2. The molecule has 0 atom stereocenters. The molecule has 0 spiro atoms. The standard InChI is InChI=1S/C6H6Cl2N2O3S/c7-5-1-4(2-10-6(5)8)3-13-14(9,11)12/h1-2H,3H2,(H2,9,11,12). The van der Waals surface area contributed by atoms with Crippen molar-refractivity contribution in [2.24, 2.45) is 5.14 Å². The number of aromatic nitrogens is 1. The molecule has 2 N–H and O–H groups in total. The zero-order valence-corrected chi connectivity index (χ0v) is 9.10. The van der Waals surface area contributed by atoms with Crippen molar-refractivity contribution < 1.29 is 12.6 Å². The second-order valence-corrected chi connectivity index (χ2v) is 4.36. The maximum absolute atomic E-state index is 10.4. The normalized spacial score (nSPS) is 11.6. The lowest BCUT2D eigenvalue weighted by Gasteiger charge is -2.01. The molecule has 0 aromatic carbocycles. The predicted molar refractivity (Wildman–Crippen MR) is 52.2 cm³/mol. The summed E-state index contributed by atoms with van der Waals surface area (Å²) in [7, 11) is -3.95. The van der Waals surface area contributed by atoms with Crippen LogP contribution in [0.5, 0.6) is 0 Å². The Kier molecular flexibility index (Phi) is 3.68. The quantitative estimate of drug-likeness (QED) is 0.822. The third-order valence-corrected chi connectivity index (χ3v) is 2.38. The fourth-order valence-electron chi connectivity index (χ4n) is 0.690. The van der Waals surface area contributed by atoms with Gasteiger partial charge in [0.1, 0.15) is 5.15 Å². The minimum atomic E-state index is -3.95. The van der Waals surface area contributed by atoms with Gasteiger partial charge in [-0.25, -0.2) is 10.1 Å². The van der Waals surface area contributed by atoms with Gasteiger partial charge in [0.2, 0.25) is 0 Å². The number of hydrogen-bond acceptors (Lipinski definition) is 4. The zero-order valence-electron chi connectivity index (χ0n) is 6.78. The third-order valence-electron chi connectivity index (χ3n) is 1.24. The molecular formula is C6H6Cl2N2O3S. The van der Waals surface area contributed by atoms with Gasteiger partial charge in [-0.05, 0) is 11.6 Å². The van der Waals surface area contributed by atoms with E-state index >= 15 is 0 Å². The summed E-state index contributed by atoms with van der Waals surface area (Å²) in [5.41, 5.74) is 0.466. The molecule has 14 heavy (non-hydrogen) atoms. The molecule has 78 valence electrons. The maximum atomic E-state index is 10.4. The van der Waals surface area contributed by atoms with Crippen molar-refractivity contribution in [1.82, 2.24) is 4.98 Å². The molecule has 5 nitrogen and oxygen atoms in total. The fraction of sp³-hybridized carbons (Fsp3) is 0.167. The first-order chi connectivity index (χ1) is 6.38. The van der Waals surface area contributed by atoms with Gasteiger partial charge in [0, 0.05) is 6.20 Å². The van der Waals surface area contributed by atoms with Crippen LogP contribution in [0.4, 0.5) is 0 Å². The first kappa shape index (κ1) is 11.7. The molecule has 0 bridgehead atoms. The lowest BCUT2D eigenvalue weighted by Crippen LogP contribution is -2.15. The summed E-state index contributed by atoms with van der Waals surface area (Å²) in [5.74, 6) is 0. The molecule has 0 aliphatic carbocycles. The van der Waals surface area contributed by atoms with Crippen LogP contribution in [0.15, 0.2) is 12.3 Å². The van der Waals surface area contributed by atoms with Gasteiger partial charge in [-0.2, -0.15) is 8.42 Å². The van der Waals surface area contributed by atoms with Crippen molar-refractivity contribution in [1.29, 1.82) is 0 Å². The van der Waals surface area contributed by atoms with Crippen molar-refractivity contribution in [3.8, 4) is 0 Å². The first-order valence-corrected chi connectivity index (χ1v) is 5.58. The highest BCUT2D eigenvalue weighted by Crippen LogP contribution is 2.20. The Morgan fingerprint density at radius 2 is 2.14 bits per heavy atom. The van der Waals surface area contributed by atoms with Gasteiger partial charge >= 0.3 is 10.3 Å². The zero-order chi connectivity index (χ0) is 10.8. The summed E-state index contributed by atoms with van der Waals surface area (Å²) in [5, 5.41) is 4.99. The van der Waals surface area contributed by atoms with Crippen molar-refractivity contribution in [3.05, 3.63) is 28.0 Å². The van der Waals surface area contributed by atoms with Crippen molar-refractivity contribution in [2.45, 2.75) is 6.61 Å². The highest BCUT2D eigenvalue weighted by molar-refractivity contribution is 7.84. The van der Waals surface area contributed by atoms with Crippen LogP contribution >= 0.6 is 23.2 Å². The Bertz CT molecular complexity index is 435. The summed E-state index contributed by atoms with van der Waals surface area (Å²) >= 11 is 11.2. The molecule has 0 saturated carbocycles. The van der Waals surface area contributed by atoms with Crippen LogP contribution < -0.4 is 5.14 Å². The van der Waals surface area contributed by atoms with E-state index < -0.39 is 10.3 Å². The number of rotatable bonds is 3. The molecule has 0 aliphatic heterocycles. The van der Waals surface area contributed by atoms with E-state index in [1.54, 1.807) is 0 Å². The summed E-state index contributed by atoms with van der Waals surface area (Å²) in [6, 6.07) is 1.45. The Hall–Kier alpha value is -0.400. The van der Waals surface area contributed by atoms with Crippen molar-refractivity contribution in [2.75, 3.05) is 0 Å². The van der Waals surface area contributed by atoms with E-state index in [4.69, 9.17) is 23.2 Å². The molecule has 1 aromatic rings. The number of hydrogen-bond donors (Lipinski definition) is 1. The molecule has 0 saturated heterocycles. The van der Waals surface area contributed by atoms with E-state index in [-0.39, 0.29) is 16.8 Å². The molecule has 8 heteroatoms. The van der Waals surface area contributed by atoms with Crippen LogP contribution in [-0.2, 0) is 21.1 Å². The fourth-order valence-corrected chi connectivity index (χ4v) is 1.28. The second-order valence-electron chi connectivity index (χ2n) is 2.37. The van der Waals surface area contributed by atoms with Crippen molar-refractivity contribution >= 4 is 33.5 Å². The number of nitrogens with two attached hydrogens (primary N) is 1. The van der Waals surface area contributed by atoms with E-state index in [9.17, 15) is 8.42 Å². The van der Waals surface area contributed by atoms with Crippen LogP contribution in [0.2, 0.25) is 10.2 Å². The molecule has 1 aromatic heterocycles. The molecule has 1 heterocycles. The summed E-state index contributed by atoms with van der Waals surface area (Å²) in [6.07, 6.45) is 1.35. The summed E-state index contributed by atoms with van der Waals surface area (Å²) < 4.78 is 25.2. The van der Waals surface area contributed by atoms with Gasteiger partial charge in [0.15, 0.2) is 0 Å². The molecule has 0 unspecified atom stereocenters. The lowest BCUT2D eigenvalue weighted by atomic mass is 10.3. The average Bonchev–Trinajstić information content (AvgIpc) is 2.06. The van der Waals surface area contributed by atoms with Gasteiger partial charge < -0.3 is 0 Å². The Morgan fingerprint density at radius 3 is 2.64 bits per heavy atom. The molecule has 0 aliphatic rings. The first-order valence-electron chi connectivity index (χ1n) is 3.35. The SMILES string of the molecule is NS(=O)(=O)OCc1cnc(Cl)c(Cl)c1. The Labute approximate surface area is 91.0 Å². The molecule has 0 fully saturated rings. The van der Waals surface area contributed by atoms with E-state index in [1.165, 1.54) is 12.3 Å². The van der Waals surface area contributed by atoms with Crippen LogP contribution in [0.3, 0.4) is 0 Å². The molecule has 0 amide bonds. The monoisotopic (exact) mass is 256 g/mol. The minimum absolute atomic E-state index is 0.144. The Balaban J connectivity index is 2.74. The van der Waals surface area contributed by atoms with E-state index in [2.05, 4.69) is 14.3 Å². The molecule has 1 rings (SSSR count). The molecular weight excluding hydrogens is 251 g/mol. The average molecular weight is 257 g/mol. The van der Waals surface area contributed by atoms with Gasteiger partial charge in [-0.1, -0.05) is 23.2 Å². The van der Waals surface area contributed by atoms with Gasteiger partial charge in [-0.15, -0.1) is 0 Å². The minimum Gasteiger partial charge on any atom is -0.253 e. The predicted octanol–water partition coefficient (Wildman–Crippen LogP) is 1.11. The topological polar surface area (TPSA) is 82.3 Å². The van der Waals surface area contributed by atoms with Crippen molar-refractivity contribution in [3.63, 3.8) is 0 Å². The number of nitrogens with zero attached hydrogens (tertiary/aromatic N) is 1. The second kappa shape index (κ2) is 4.41. The number of pyridine rings is 1. The van der Waals surface area contributed by atoms with Gasteiger partial charge in [-0.3, -0.25) is 4.18 Å².